The Balaban J connectivity index is 1.97. The van der Waals surface area contributed by atoms with Crippen molar-refractivity contribution in [1.29, 1.82) is 0 Å². The molecule has 2 heterocycles. The zero-order valence-electron chi connectivity index (χ0n) is 7.33. The zero-order chi connectivity index (χ0) is 9.10. The molecule has 13 heavy (non-hydrogen) atoms. The summed E-state index contributed by atoms with van der Waals surface area (Å²) in [4.78, 5) is 8.34. The summed E-state index contributed by atoms with van der Waals surface area (Å²) in [7, 11) is 0. The molecule has 2 rings (SSSR count). The summed E-state index contributed by atoms with van der Waals surface area (Å²) in [6, 6.07) is 0. The van der Waals surface area contributed by atoms with E-state index in [-0.39, 0.29) is 0 Å². The van der Waals surface area contributed by atoms with Crippen molar-refractivity contribution in [2.45, 2.75) is 12.8 Å². The van der Waals surface area contributed by atoms with Crippen molar-refractivity contribution in [1.82, 2.24) is 15.3 Å². The molecule has 3 nitrogen and oxygen atoms in total. The highest BCUT2D eigenvalue weighted by Gasteiger charge is 2.15. The molecule has 0 spiro atoms. The maximum absolute atomic E-state index is 5.69. The van der Waals surface area contributed by atoms with Gasteiger partial charge in [-0.1, -0.05) is 11.6 Å². The first-order valence-corrected chi connectivity index (χ1v) is 4.89. The van der Waals surface area contributed by atoms with Crippen LogP contribution in [0.3, 0.4) is 0 Å². The normalized spacial score (nSPS) is 22.1. The van der Waals surface area contributed by atoms with Gasteiger partial charge in [-0.2, -0.15) is 0 Å². The van der Waals surface area contributed by atoms with Gasteiger partial charge in [0.2, 0.25) is 0 Å². The minimum atomic E-state index is 0.605. The van der Waals surface area contributed by atoms with E-state index in [1.165, 1.54) is 6.42 Å². The van der Waals surface area contributed by atoms with Crippen molar-refractivity contribution in [2.24, 2.45) is 5.92 Å². The maximum Gasteiger partial charge on any atom is 0.128 e. The highest BCUT2D eigenvalue weighted by molar-refractivity contribution is 6.30. The summed E-state index contributed by atoms with van der Waals surface area (Å²) in [6.07, 6.45) is 5.51. The van der Waals surface area contributed by atoms with Crippen LogP contribution in [-0.4, -0.2) is 23.1 Å². The summed E-state index contributed by atoms with van der Waals surface area (Å²) >= 11 is 5.69. The molecular formula is C9H12ClN3. The summed E-state index contributed by atoms with van der Waals surface area (Å²) in [5, 5.41) is 3.93. The molecule has 70 valence electrons. The van der Waals surface area contributed by atoms with Crippen molar-refractivity contribution >= 4 is 11.6 Å². The van der Waals surface area contributed by atoms with Gasteiger partial charge < -0.3 is 5.32 Å². The van der Waals surface area contributed by atoms with E-state index in [4.69, 9.17) is 11.6 Å². The van der Waals surface area contributed by atoms with E-state index in [1.54, 1.807) is 12.4 Å². The quantitative estimate of drug-likeness (QED) is 0.777. The topological polar surface area (TPSA) is 37.8 Å². The fourth-order valence-corrected chi connectivity index (χ4v) is 1.69. The Morgan fingerprint density at radius 2 is 2.23 bits per heavy atom. The molecule has 1 aromatic rings. The minimum Gasteiger partial charge on any atom is -0.316 e. The summed E-state index contributed by atoms with van der Waals surface area (Å²) in [5.74, 6) is 1.60. The molecule has 1 aliphatic heterocycles. The molecule has 4 heteroatoms. The fraction of sp³-hybridized carbons (Fsp3) is 0.556. The van der Waals surface area contributed by atoms with Crippen LogP contribution in [0.25, 0.3) is 0 Å². The van der Waals surface area contributed by atoms with Gasteiger partial charge in [0.25, 0.3) is 0 Å². The predicted octanol–water partition coefficient (Wildman–Crippen LogP) is 1.28. The summed E-state index contributed by atoms with van der Waals surface area (Å²) < 4.78 is 0. The van der Waals surface area contributed by atoms with Gasteiger partial charge in [-0.25, -0.2) is 9.97 Å². The Labute approximate surface area is 82.5 Å². The molecule has 0 bridgehead atoms. The first-order valence-electron chi connectivity index (χ1n) is 4.52. The Morgan fingerprint density at radius 3 is 2.85 bits per heavy atom. The number of halogens is 1. The van der Waals surface area contributed by atoms with E-state index in [1.807, 2.05) is 0 Å². The van der Waals surface area contributed by atoms with E-state index in [9.17, 15) is 0 Å². The number of rotatable bonds is 2. The third-order valence-corrected chi connectivity index (χ3v) is 2.50. The van der Waals surface area contributed by atoms with Gasteiger partial charge >= 0.3 is 0 Å². The highest BCUT2D eigenvalue weighted by atomic mass is 35.5. The number of hydrogen-bond acceptors (Lipinski definition) is 3. The van der Waals surface area contributed by atoms with Gasteiger partial charge in [-0.05, 0) is 25.4 Å². The Morgan fingerprint density at radius 1 is 1.46 bits per heavy atom. The van der Waals surface area contributed by atoms with Gasteiger partial charge in [0.15, 0.2) is 0 Å². The fourth-order valence-electron chi connectivity index (χ4n) is 1.59. The lowest BCUT2D eigenvalue weighted by Crippen LogP contribution is -2.12. The van der Waals surface area contributed by atoms with E-state index < -0.39 is 0 Å². The Hall–Kier alpha value is -0.670. The first kappa shape index (κ1) is 8.91. The van der Waals surface area contributed by atoms with E-state index >= 15 is 0 Å². The molecule has 1 saturated heterocycles. The van der Waals surface area contributed by atoms with Crippen LogP contribution >= 0.6 is 11.6 Å². The van der Waals surface area contributed by atoms with Crippen LogP contribution in [0.15, 0.2) is 12.4 Å². The Bertz CT molecular complexity index is 267. The Kier molecular flexibility index (Phi) is 2.76. The van der Waals surface area contributed by atoms with Crippen LogP contribution in [0.5, 0.6) is 0 Å². The smallest absolute Gasteiger partial charge is 0.128 e. The molecule has 0 amide bonds. The van der Waals surface area contributed by atoms with E-state index in [0.717, 1.165) is 25.3 Å². The SMILES string of the molecule is Clc1cnc(C[C@H]2CCNC2)nc1. The number of hydrogen-bond donors (Lipinski definition) is 1. The van der Waals surface area contributed by atoms with Gasteiger partial charge in [-0.3, -0.25) is 0 Å². The number of aromatic nitrogens is 2. The maximum atomic E-state index is 5.69. The molecule has 0 aromatic carbocycles. The van der Waals surface area contributed by atoms with Crippen LogP contribution < -0.4 is 5.32 Å². The molecule has 1 fully saturated rings. The standard InChI is InChI=1S/C9H12ClN3/c10-8-5-12-9(13-6-8)3-7-1-2-11-4-7/h5-7,11H,1-4H2/t7-/m1/s1. The second-order valence-electron chi connectivity index (χ2n) is 3.38. The molecular weight excluding hydrogens is 186 g/mol. The van der Waals surface area contributed by atoms with Crippen molar-refractivity contribution in [3.8, 4) is 0 Å². The molecule has 1 atom stereocenters. The van der Waals surface area contributed by atoms with Gasteiger partial charge in [-0.15, -0.1) is 0 Å². The van der Waals surface area contributed by atoms with Gasteiger partial charge in [0, 0.05) is 18.8 Å². The van der Waals surface area contributed by atoms with Crippen molar-refractivity contribution in [2.75, 3.05) is 13.1 Å². The lowest BCUT2D eigenvalue weighted by molar-refractivity contribution is 0.561. The molecule has 1 N–H and O–H groups in total. The van der Waals surface area contributed by atoms with E-state index in [0.29, 0.717) is 10.9 Å². The van der Waals surface area contributed by atoms with Crippen molar-refractivity contribution in [3.05, 3.63) is 23.2 Å². The van der Waals surface area contributed by atoms with Crippen LogP contribution in [0.4, 0.5) is 0 Å². The zero-order valence-corrected chi connectivity index (χ0v) is 8.09. The molecule has 1 aromatic heterocycles. The average molecular weight is 198 g/mol. The molecule has 0 aliphatic carbocycles. The average Bonchev–Trinajstić information content (AvgIpc) is 2.62. The third kappa shape index (κ3) is 2.39. The lowest BCUT2D eigenvalue weighted by atomic mass is 10.1. The second-order valence-corrected chi connectivity index (χ2v) is 3.82. The highest BCUT2D eigenvalue weighted by Crippen LogP contribution is 2.13. The monoisotopic (exact) mass is 197 g/mol. The molecule has 0 unspecified atom stereocenters. The number of nitrogens with one attached hydrogen (secondary N) is 1. The van der Waals surface area contributed by atoms with Crippen molar-refractivity contribution < 1.29 is 0 Å². The predicted molar refractivity (Wildman–Crippen MR) is 51.7 cm³/mol. The summed E-state index contributed by atoms with van der Waals surface area (Å²) in [5.41, 5.74) is 0. The van der Waals surface area contributed by atoms with E-state index in [2.05, 4.69) is 15.3 Å². The van der Waals surface area contributed by atoms with Crippen LogP contribution in [-0.2, 0) is 6.42 Å². The first-order chi connectivity index (χ1) is 6.34. The van der Waals surface area contributed by atoms with Gasteiger partial charge in [0.05, 0.1) is 5.02 Å². The van der Waals surface area contributed by atoms with Crippen LogP contribution in [0.2, 0.25) is 5.02 Å². The van der Waals surface area contributed by atoms with Gasteiger partial charge in [0.1, 0.15) is 5.82 Å². The van der Waals surface area contributed by atoms with Crippen LogP contribution in [0, 0.1) is 5.92 Å². The lowest BCUT2D eigenvalue weighted by Gasteiger charge is -2.05. The summed E-state index contributed by atoms with van der Waals surface area (Å²) in [6.45, 7) is 2.21. The molecule has 1 aliphatic rings. The largest absolute Gasteiger partial charge is 0.316 e. The third-order valence-electron chi connectivity index (χ3n) is 2.31. The van der Waals surface area contributed by atoms with Crippen LogP contribution in [0.1, 0.15) is 12.2 Å². The van der Waals surface area contributed by atoms with Crippen molar-refractivity contribution in [3.63, 3.8) is 0 Å². The number of nitrogens with zero attached hydrogens (tertiary/aromatic N) is 2. The molecule has 0 saturated carbocycles. The molecule has 0 radical (unpaired) electrons. The second kappa shape index (κ2) is 4.03. The minimum absolute atomic E-state index is 0.605.